The number of rotatable bonds is 3. The molecule has 4 heteroatoms. The van der Waals surface area contributed by atoms with Crippen LogP contribution < -0.4 is 5.73 Å². The maximum atomic E-state index is 13.4. The second kappa shape index (κ2) is 5.19. The number of halogens is 2. The van der Waals surface area contributed by atoms with Crippen molar-refractivity contribution in [1.29, 1.82) is 0 Å². The lowest BCUT2D eigenvalue weighted by Gasteiger charge is -2.08. The molecule has 0 bridgehead atoms. The molecule has 2 nitrogen and oxygen atoms in total. The molecule has 2 rings (SSSR count). The predicted octanol–water partition coefficient (Wildman–Crippen LogP) is 3.17. The Morgan fingerprint density at radius 2 is 1.94 bits per heavy atom. The molecule has 0 spiro atoms. The fourth-order valence-electron chi connectivity index (χ4n) is 1.81. The zero-order valence-electron chi connectivity index (χ0n) is 9.49. The highest BCUT2D eigenvalue weighted by atomic mass is 35.5. The van der Waals surface area contributed by atoms with Gasteiger partial charge in [0.2, 0.25) is 5.91 Å². The first kappa shape index (κ1) is 12.6. The summed E-state index contributed by atoms with van der Waals surface area (Å²) in [6.07, 6.45) is 0.125. The third-order valence-electron chi connectivity index (χ3n) is 2.61. The zero-order chi connectivity index (χ0) is 13.1. The smallest absolute Gasteiger partial charge is 0.221 e. The molecule has 1 amide bonds. The largest absolute Gasteiger partial charge is 0.369 e. The van der Waals surface area contributed by atoms with Gasteiger partial charge < -0.3 is 5.73 Å². The van der Waals surface area contributed by atoms with Crippen molar-refractivity contribution in [2.75, 3.05) is 0 Å². The second-order valence-corrected chi connectivity index (χ2v) is 4.34. The number of primary amides is 1. The van der Waals surface area contributed by atoms with Gasteiger partial charge in [0.05, 0.1) is 11.4 Å². The molecule has 0 atom stereocenters. The first-order valence-electron chi connectivity index (χ1n) is 5.39. The van der Waals surface area contributed by atoms with E-state index in [0.717, 1.165) is 11.1 Å². The SMILES string of the molecule is NC(=O)Cc1ccccc1-c1ccc(Cl)c(F)c1. The molecule has 0 aliphatic rings. The Labute approximate surface area is 109 Å². The van der Waals surface area contributed by atoms with Gasteiger partial charge in [-0.25, -0.2) is 4.39 Å². The number of hydrogen-bond donors (Lipinski definition) is 1. The lowest BCUT2D eigenvalue weighted by molar-refractivity contribution is -0.117. The summed E-state index contributed by atoms with van der Waals surface area (Å²) in [6.45, 7) is 0. The van der Waals surface area contributed by atoms with E-state index in [2.05, 4.69) is 0 Å². The molecule has 0 saturated heterocycles. The van der Waals surface area contributed by atoms with Crippen molar-refractivity contribution < 1.29 is 9.18 Å². The Bertz CT molecular complexity index is 598. The van der Waals surface area contributed by atoms with E-state index in [4.69, 9.17) is 17.3 Å². The Balaban J connectivity index is 2.49. The summed E-state index contributed by atoms with van der Waals surface area (Å²) in [5, 5.41) is 0.0751. The van der Waals surface area contributed by atoms with E-state index in [1.54, 1.807) is 12.1 Å². The highest BCUT2D eigenvalue weighted by molar-refractivity contribution is 6.30. The summed E-state index contributed by atoms with van der Waals surface area (Å²) in [7, 11) is 0. The van der Waals surface area contributed by atoms with Crippen molar-refractivity contribution in [3.8, 4) is 11.1 Å². The molecular weight excluding hydrogens is 253 g/mol. The van der Waals surface area contributed by atoms with Gasteiger partial charge >= 0.3 is 0 Å². The minimum absolute atomic E-state index is 0.0751. The third kappa shape index (κ3) is 2.68. The maximum Gasteiger partial charge on any atom is 0.221 e. The molecular formula is C14H11ClFNO. The Morgan fingerprint density at radius 1 is 1.22 bits per heavy atom. The molecule has 0 radical (unpaired) electrons. The van der Waals surface area contributed by atoms with E-state index >= 15 is 0 Å². The highest BCUT2D eigenvalue weighted by Gasteiger charge is 2.09. The Hall–Kier alpha value is -1.87. The van der Waals surface area contributed by atoms with Crippen molar-refractivity contribution in [2.45, 2.75) is 6.42 Å². The molecule has 2 aromatic carbocycles. The van der Waals surface area contributed by atoms with Crippen molar-refractivity contribution in [3.63, 3.8) is 0 Å². The van der Waals surface area contributed by atoms with Crippen molar-refractivity contribution in [2.24, 2.45) is 5.73 Å². The van der Waals surface area contributed by atoms with Gasteiger partial charge in [-0.3, -0.25) is 4.79 Å². The van der Waals surface area contributed by atoms with Crippen molar-refractivity contribution >= 4 is 17.5 Å². The lowest BCUT2D eigenvalue weighted by atomic mass is 9.97. The van der Waals surface area contributed by atoms with E-state index in [9.17, 15) is 9.18 Å². The summed E-state index contributed by atoms with van der Waals surface area (Å²) in [5.41, 5.74) is 7.42. The molecule has 0 aromatic heterocycles. The zero-order valence-corrected chi connectivity index (χ0v) is 10.2. The second-order valence-electron chi connectivity index (χ2n) is 3.93. The van der Waals surface area contributed by atoms with Crippen LogP contribution in [-0.2, 0) is 11.2 Å². The van der Waals surface area contributed by atoms with Gasteiger partial charge in [0.15, 0.2) is 0 Å². The summed E-state index contributed by atoms with van der Waals surface area (Å²) < 4.78 is 13.4. The molecule has 0 saturated carbocycles. The minimum atomic E-state index is -0.483. The van der Waals surface area contributed by atoms with Crippen LogP contribution in [0.2, 0.25) is 5.02 Å². The van der Waals surface area contributed by atoms with E-state index < -0.39 is 11.7 Å². The number of hydrogen-bond acceptors (Lipinski definition) is 1. The number of carbonyl (C=O) groups is 1. The Kier molecular flexibility index (Phi) is 3.63. The van der Waals surface area contributed by atoms with Gasteiger partial charge in [-0.1, -0.05) is 41.9 Å². The van der Waals surface area contributed by atoms with Gasteiger partial charge in [0, 0.05) is 0 Å². The van der Waals surface area contributed by atoms with E-state index in [1.165, 1.54) is 12.1 Å². The molecule has 92 valence electrons. The standard InChI is InChI=1S/C14H11ClFNO/c15-12-6-5-10(7-13(12)16)11-4-2-1-3-9(11)8-14(17)18/h1-7H,8H2,(H2,17,18). The van der Waals surface area contributed by atoms with Crippen LogP contribution in [0.3, 0.4) is 0 Å². The molecule has 2 aromatic rings. The monoisotopic (exact) mass is 263 g/mol. The van der Waals surface area contributed by atoms with Crippen molar-refractivity contribution in [1.82, 2.24) is 0 Å². The normalized spacial score (nSPS) is 10.3. The summed E-state index contributed by atoms with van der Waals surface area (Å²) in [6, 6.07) is 11.8. The van der Waals surface area contributed by atoms with Crippen LogP contribution in [0.1, 0.15) is 5.56 Å². The highest BCUT2D eigenvalue weighted by Crippen LogP contribution is 2.27. The quantitative estimate of drug-likeness (QED) is 0.908. The molecule has 0 aliphatic heterocycles. The fourth-order valence-corrected chi connectivity index (χ4v) is 1.92. The van der Waals surface area contributed by atoms with Crippen LogP contribution in [0.25, 0.3) is 11.1 Å². The summed E-state index contributed by atoms with van der Waals surface area (Å²) in [5.74, 6) is -0.903. The average Bonchev–Trinajstić information content (AvgIpc) is 2.33. The lowest BCUT2D eigenvalue weighted by Crippen LogP contribution is -2.14. The third-order valence-corrected chi connectivity index (χ3v) is 2.92. The van der Waals surface area contributed by atoms with Gasteiger partial charge in [0.25, 0.3) is 0 Å². The van der Waals surface area contributed by atoms with Crippen LogP contribution in [0, 0.1) is 5.82 Å². The van der Waals surface area contributed by atoms with Gasteiger partial charge in [0.1, 0.15) is 5.82 Å². The van der Waals surface area contributed by atoms with Crippen LogP contribution in [-0.4, -0.2) is 5.91 Å². The average molecular weight is 264 g/mol. The first-order chi connectivity index (χ1) is 8.58. The first-order valence-corrected chi connectivity index (χ1v) is 5.77. The van der Waals surface area contributed by atoms with Crippen LogP contribution in [0.4, 0.5) is 4.39 Å². The van der Waals surface area contributed by atoms with Gasteiger partial charge in [-0.05, 0) is 28.8 Å². The minimum Gasteiger partial charge on any atom is -0.369 e. The number of carbonyl (C=O) groups excluding carboxylic acids is 1. The van der Waals surface area contributed by atoms with E-state index in [1.807, 2.05) is 18.2 Å². The molecule has 0 fully saturated rings. The maximum absolute atomic E-state index is 13.4. The van der Waals surface area contributed by atoms with Crippen LogP contribution in [0.15, 0.2) is 42.5 Å². The van der Waals surface area contributed by atoms with Crippen LogP contribution in [0.5, 0.6) is 0 Å². The molecule has 0 heterocycles. The topological polar surface area (TPSA) is 43.1 Å². The van der Waals surface area contributed by atoms with E-state index in [-0.39, 0.29) is 11.4 Å². The molecule has 0 unspecified atom stereocenters. The van der Waals surface area contributed by atoms with Gasteiger partial charge in [-0.15, -0.1) is 0 Å². The Morgan fingerprint density at radius 3 is 2.61 bits per heavy atom. The molecule has 2 N–H and O–H groups in total. The van der Waals surface area contributed by atoms with E-state index in [0.29, 0.717) is 5.56 Å². The number of benzene rings is 2. The fraction of sp³-hybridized carbons (Fsp3) is 0.0714. The molecule has 0 aliphatic carbocycles. The predicted molar refractivity (Wildman–Crippen MR) is 69.7 cm³/mol. The number of amides is 1. The summed E-state index contributed by atoms with van der Waals surface area (Å²) >= 11 is 5.64. The summed E-state index contributed by atoms with van der Waals surface area (Å²) in [4.78, 5) is 11.0. The van der Waals surface area contributed by atoms with Crippen molar-refractivity contribution in [3.05, 3.63) is 58.9 Å². The molecule has 18 heavy (non-hydrogen) atoms. The number of nitrogens with two attached hydrogens (primary N) is 1. The van der Waals surface area contributed by atoms with Gasteiger partial charge in [-0.2, -0.15) is 0 Å². The van der Waals surface area contributed by atoms with Crippen LogP contribution >= 0.6 is 11.6 Å².